The molecule has 0 radical (unpaired) electrons. The predicted molar refractivity (Wildman–Crippen MR) is 25.8 cm³/mol. The van der Waals surface area contributed by atoms with Gasteiger partial charge in [0.1, 0.15) is 0 Å². The van der Waals surface area contributed by atoms with Crippen LogP contribution in [0.3, 0.4) is 0 Å². The molecule has 0 aliphatic carbocycles. The van der Waals surface area contributed by atoms with Crippen LogP contribution < -0.4 is 35.5 Å². The first kappa shape index (κ1) is 11.6. The molecular formula is C2H8NNaO3S. The van der Waals surface area contributed by atoms with Crippen molar-refractivity contribution in [2.75, 3.05) is 5.75 Å². The van der Waals surface area contributed by atoms with Crippen molar-refractivity contribution in [2.24, 2.45) is 5.90 Å². The van der Waals surface area contributed by atoms with Gasteiger partial charge in [0.25, 0.3) is 10.1 Å². The zero-order chi connectivity index (χ0) is 5.91. The van der Waals surface area contributed by atoms with E-state index in [1.807, 2.05) is 0 Å². The maximum atomic E-state index is 10.0. The van der Waals surface area contributed by atoms with Crippen molar-refractivity contribution >= 4 is 10.1 Å². The summed E-state index contributed by atoms with van der Waals surface area (Å²) in [5.74, 6) is 4.25. The van der Waals surface area contributed by atoms with Crippen LogP contribution in [0.1, 0.15) is 8.35 Å². The monoisotopic (exact) mass is 149 g/mol. The number of hydrogen-bond acceptors (Lipinski definition) is 4. The van der Waals surface area contributed by atoms with E-state index in [-0.39, 0.29) is 36.7 Å². The molecule has 0 aromatic heterocycles. The summed E-state index contributed by atoms with van der Waals surface area (Å²) in [5, 5.41) is 0. The molecule has 2 N–H and O–H groups in total. The first-order chi connectivity index (χ1) is 3.12. The van der Waals surface area contributed by atoms with Crippen molar-refractivity contribution in [2.45, 2.75) is 6.92 Å². The van der Waals surface area contributed by atoms with Crippen molar-refractivity contribution in [3.63, 3.8) is 0 Å². The molecule has 0 heterocycles. The van der Waals surface area contributed by atoms with Gasteiger partial charge in [0.15, 0.2) is 0 Å². The van der Waals surface area contributed by atoms with E-state index in [1.165, 1.54) is 6.92 Å². The van der Waals surface area contributed by atoms with Gasteiger partial charge in [-0.2, -0.15) is 18.6 Å². The zero-order valence-electron chi connectivity index (χ0n) is 5.92. The molecule has 6 heteroatoms. The van der Waals surface area contributed by atoms with E-state index in [1.54, 1.807) is 0 Å². The molecule has 0 aliphatic heterocycles. The third-order valence-corrected chi connectivity index (χ3v) is 1.50. The Morgan fingerprint density at radius 3 is 2.12 bits per heavy atom. The van der Waals surface area contributed by atoms with Crippen LogP contribution >= 0.6 is 0 Å². The summed E-state index contributed by atoms with van der Waals surface area (Å²) in [7, 11) is -3.38. The fourth-order valence-corrected chi connectivity index (χ4v) is 0.204. The first-order valence-corrected chi connectivity index (χ1v) is 3.31. The average molecular weight is 149 g/mol. The number of hydrogen-bond donors (Lipinski definition) is 1. The predicted octanol–water partition coefficient (Wildman–Crippen LogP) is -3.66. The summed E-state index contributed by atoms with van der Waals surface area (Å²) < 4.78 is 23.6. The van der Waals surface area contributed by atoms with Crippen LogP contribution in [0.4, 0.5) is 0 Å². The first-order valence-electron chi connectivity index (χ1n) is 1.73. The maximum absolute atomic E-state index is 10.0. The molecular weight excluding hydrogens is 141 g/mol. The van der Waals surface area contributed by atoms with Gasteiger partial charge in [-0.15, -0.1) is 0 Å². The fraction of sp³-hybridized carbons (Fsp3) is 1.00. The number of nitrogens with two attached hydrogens (primary N) is 1. The minimum atomic E-state index is -3.38. The molecule has 0 amide bonds. The van der Waals surface area contributed by atoms with Crippen LogP contribution in [0, 0.1) is 0 Å². The summed E-state index contributed by atoms with van der Waals surface area (Å²) in [6.07, 6.45) is 0. The fourth-order valence-electron chi connectivity index (χ4n) is 0.0680. The third kappa shape index (κ3) is 5.02. The van der Waals surface area contributed by atoms with E-state index in [0.29, 0.717) is 0 Å². The Hall–Kier alpha value is 0.870. The molecule has 0 saturated heterocycles. The maximum Gasteiger partial charge on any atom is 1.00 e. The topological polar surface area (TPSA) is 69.4 Å². The standard InChI is InChI=1S/C2H7NO3S.Na.H/c1-2-7(4,5)6-3;;/h2-3H2,1H3;;/q;+1;-1. The van der Waals surface area contributed by atoms with Crippen LogP contribution in [0.15, 0.2) is 0 Å². The second-order valence-electron chi connectivity index (χ2n) is 0.943. The Bertz CT molecular complexity index is 125. The van der Waals surface area contributed by atoms with Gasteiger partial charge in [0, 0.05) is 0 Å². The van der Waals surface area contributed by atoms with E-state index in [9.17, 15) is 8.42 Å². The molecule has 0 rings (SSSR count). The SMILES string of the molecule is CCS(=O)(=O)ON.[H-].[Na+]. The van der Waals surface area contributed by atoms with Gasteiger partial charge in [-0.25, -0.2) is 0 Å². The molecule has 0 unspecified atom stereocenters. The molecule has 0 spiro atoms. The Labute approximate surface area is 72.2 Å². The average Bonchev–Trinajstić information content (AvgIpc) is 1.68. The van der Waals surface area contributed by atoms with Crippen molar-refractivity contribution in [1.29, 1.82) is 0 Å². The van der Waals surface area contributed by atoms with E-state index in [2.05, 4.69) is 10.2 Å². The minimum absolute atomic E-state index is 0. The van der Waals surface area contributed by atoms with Crippen LogP contribution in [-0.2, 0) is 14.4 Å². The third-order valence-electron chi connectivity index (χ3n) is 0.500. The Balaban J connectivity index is -0.000000180. The molecule has 0 aromatic carbocycles. The van der Waals surface area contributed by atoms with Crippen LogP contribution in [0.2, 0.25) is 0 Å². The molecule has 4 nitrogen and oxygen atoms in total. The smallest absolute Gasteiger partial charge is 1.00 e. The van der Waals surface area contributed by atoms with Crippen molar-refractivity contribution < 1.29 is 43.7 Å². The molecule has 8 heavy (non-hydrogen) atoms. The van der Waals surface area contributed by atoms with Gasteiger partial charge in [-0.05, 0) is 6.92 Å². The van der Waals surface area contributed by atoms with Crippen molar-refractivity contribution in [3.05, 3.63) is 0 Å². The molecule has 0 aliphatic rings. The van der Waals surface area contributed by atoms with Gasteiger partial charge in [-0.1, -0.05) is 0 Å². The Morgan fingerprint density at radius 1 is 1.75 bits per heavy atom. The molecule has 0 saturated carbocycles. The van der Waals surface area contributed by atoms with Gasteiger partial charge in [-0.3, -0.25) is 0 Å². The summed E-state index contributed by atoms with van der Waals surface area (Å²) >= 11 is 0. The summed E-state index contributed by atoms with van der Waals surface area (Å²) in [6, 6.07) is 0. The normalized spacial score (nSPS) is 10.2. The van der Waals surface area contributed by atoms with E-state index in [0.717, 1.165) is 0 Å². The van der Waals surface area contributed by atoms with E-state index >= 15 is 0 Å². The van der Waals surface area contributed by atoms with Gasteiger partial charge >= 0.3 is 29.6 Å². The Kier molecular flexibility index (Phi) is 6.87. The quantitative estimate of drug-likeness (QED) is 0.324. The molecule has 0 bridgehead atoms. The van der Waals surface area contributed by atoms with Crippen molar-refractivity contribution in [3.8, 4) is 0 Å². The van der Waals surface area contributed by atoms with Gasteiger partial charge in [0.2, 0.25) is 0 Å². The Morgan fingerprint density at radius 2 is 2.12 bits per heavy atom. The van der Waals surface area contributed by atoms with Gasteiger partial charge < -0.3 is 1.43 Å². The molecule has 0 fully saturated rings. The molecule has 0 atom stereocenters. The zero-order valence-corrected chi connectivity index (χ0v) is 7.73. The number of rotatable bonds is 2. The van der Waals surface area contributed by atoms with Crippen LogP contribution in [0.25, 0.3) is 0 Å². The van der Waals surface area contributed by atoms with Gasteiger partial charge in [0.05, 0.1) is 5.75 Å². The summed E-state index contributed by atoms with van der Waals surface area (Å²) in [6.45, 7) is 1.45. The second kappa shape index (κ2) is 4.72. The second-order valence-corrected chi connectivity index (χ2v) is 2.83. The van der Waals surface area contributed by atoms with E-state index in [4.69, 9.17) is 0 Å². The van der Waals surface area contributed by atoms with Crippen molar-refractivity contribution in [1.82, 2.24) is 0 Å². The van der Waals surface area contributed by atoms with Crippen LogP contribution in [0.5, 0.6) is 0 Å². The molecule has 0 aromatic rings. The molecule has 46 valence electrons. The summed E-state index contributed by atoms with van der Waals surface area (Å²) in [5.41, 5.74) is 0. The van der Waals surface area contributed by atoms with Crippen LogP contribution in [-0.4, -0.2) is 14.2 Å². The largest absolute Gasteiger partial charge is 1.00 e. The van der Waals surface area contributed by atoms with E-state index < -0.39 is 10.1 Å². The minimum Gasteiger partial charge on any atom is -1.00 e. The summed E-state index contributed by atoms with van der Waals surface area (Å²) in [4.78, 5) is 0.